The number of hydrogen-bond acceptors (Lipinski definition) is 5. The van der Waals surface area contributed by atoms with Crippen LogP contribution >= 0.6 is 11.3 Å². The lowest BCUT2D eigenvalue weighted by molar-refractivity contribution is 0.0676. The molecule has 26 heavy (non-hydrogen) atoms. The summed E-state index contributed by atoms with van der Waals surface area (Å²) in [6.07, 6.45) is 5.15. The zero-order valence-electron chi connectivity index (χ0n) is 15.0. The SMILES string of the molecule is CC(C)n1cc(C(=O)N2CCCC(CNS(=O)(=O)c3cccs3)C2)cn1. The molecular formula is C17H24N4O3S2. The summed E-state index contributed by atoms with van der Waals surface area (Å²) in [5.74, 6) is 0.0743. The largest absolute Gasteiger partial charge is 0.338 e. The van der Waals surface area contributed by atoms with Gasteiger partial charge in [0.1, 0.15) is 4.21 Å². The lowest BCUT2D eigenvalue weighted by atomic mass is 9.98. The summed E-state index contributed by atoms with van der Waals surface area (Å²) in [6, 6.07) is 3.52. The average Bonchev–Trinajstić information content (AvgIpc) is 3.31. The molecular weight excluding hydrogens is 372 g/mol. The van der Waals surface area contributed by atoms with E-state index in [1.165, 1.54) is 11.3 Å². The molecule has 0 radical (unpaired) electrons. The highest BCUT2D eigenvalue weighted by atomic mass is 32.2. The molecule has 0 spiro atoms. The first-order valence-electron chi connectivity index (χ1n) is 8.73. The lowest BCUT2D eigenvalue weighted by Crippen LogP contribution is -2.43. The van der Waals surface area contributed by atoms with Crippen LogP contribution in [-0.2, 0) is 10.0 Å². The van der Waals surface area contributed by atoms with Crippen molar-refractivity contribution >= 4 is 27.3 Å². The molecule has 3 heterocycles. The van der Waals surface area contributed by atoms with Gasteiger partial charge in [-0.25, -0.2) is 13.1 Å². The highest BCUT2D eigenvalue weighted by molar-refractivity contribution is 7.91. The van der Waals surface area contributed by atoms with Gasteiger partial charge in [0.25, 0.3) is 5.91 Å². The van der Waals surface area contributed by atoms with E-state index in [9.17, 15) is 13.2 Å². The van der Waals surface area contributed by atoms with Gasteiger partial charge in [0.2, 0.25) is 10.0 Å². The van der Waals surface area contributed by atoms with E-state index in [2.05, 4.69) is 9.82 Å². The molecule has 1 aliphatic rings. The van der Waals surface area contributed by atoms with Crippen LogP contribution in [0.25, 0.3) is 0 Å². The number of carbonyl (C=O) groups is 1. The van der Waals surface area contributed by atoms with E-state index in [1.807, 2.05) is 13.8 Å². The van der Waals surface area contributed by atoms with Crippen molar-refractivity contribution < 1.29 is 13.2 Å². The van der Waals surface area contributed by atoms with Crippen molar-refractivity contribution in [1.29, 1.82) is 0 Å². The van der Waals surface area contributed by atoms with Gasteiger partial charge in [-0.1, -0.05) is 6.07 Å². The molecule has 1 N–H and O–H groups in total. The average molecular weight is 397 g/mol. The molecule has 2 aromatic heterocycles. The number of piperidine rings is 1. The summed E-state index contributed by atoms with van der Waals surface area (Å²) in [6.45, 7) is 5.61. The van der Waals surface area contributed by atoms with Crippen molar-refractivity contribution in [2.24, 2.45) is 5.92 Å². The Morgan fingerprint density at radius 2 is 2.27 bits per heavy atom. The van der Waals surface area contributed by atoms with E-state index < -0.39 is 10.0 Å². The number of thiophene rings is 1. The standard InChI is InChI=1S/C17H24N4O3S2/c1-13(2)21-12-15(10-18-21)17(22)20-7-3-5-14(11-20)9-19-26(23,24)16-6-4-8-25-16/h4,6,8,10,12-14,19H,3,5,7,9,11H2,1-2H3. The van der Waals surface area contributed by atoms with Crippen LogP contribution in [0.1, 0.15) is 43.1 Å². The molecule has 1 aliphatic heterocycles. The van der Waals surface area contributed by atoms with Crippen LogP contribution in [0.3, 0.4) is 0 Å². The first kappa shape index (κ1) is 19.1. The van der Waals surface area contributed by atoms with Crippen molar-refractivity contribution in [3.05, 3.63) is 35.5 Å². The zero-order chi connectivity index (χ0) is 18.7. The van der Waals surface area contributed by atoms with Crippen LogP contribution < -0.4 is 4.72 Å². The van der Waals surface area contributed by atoms with Crippen LogP contribution in [0.2, 0.25) is 0 Å². The molecule has 0 saturated carbocycles. The normalized spacial score (nSPS) is 18.4. The minimum Gasteiger partial charge on any atom is -0.338 e. The Balaban J connectivity index is 1.59. The molecule has 9 heteroatoms. The Kier molecular flexibility index (Phi) is 5.79. The van der Waals surface area contributed by atoms with Gasteiger partial charge < -0.3 is 4.90 Å². The van der Waals surface area contributed by atoms with E-state index in [4.69, 9.17) is 0 Å². The van der Waals surface area contributed by atoms with Crippen LogP contribution in [0, 0.1) is 5.92 Å². The van der Waals surface area contributed by atoms with E-state index in [1.54, 1.807) is 39.5 Å². The van der Waals surface area contributed by atoms with E-state index in [-0.39, 0.29) is 17.9 Å². The summed E-state index contributed by atoms with van der Waals surface area (Å²) in [5, 5.41) is 5.97. The van der Waals surface area contributed by atoms with E-state index >= 15 is 0 Å². The van der Waals surface area contributed by atoms with Gasteiger partial charge in [0.15, 0.2) is 0 Å². The second kappa shape index (κ2) is 7.89. The number of hydrogen-bond donors (Lipinski definition) is 1. The monoisotopic (exact) mass is 396 g/mol. The number of likely N-dealkylation sites (tertiary alicyclic amines) is 1. The third kappa shape index (κ3) is 4.33. The molecule has 2 aromatic rings. The third-order valence-electron chi connectivity index (χ3n) is 4.51. The van der Waals surface area contributed by atoms with Gasteiger partial charge >= 0.3 is 0 Å². The van der Waals surface area contributed by atoms with Gasteiger partial charge in [-0.2, -0.15) is 5.10 Å². The summed E-state index contributed by atoms with van der Waals surface area (Å²) in [7, 11) is -3.46. The fourth-order valence-electron chi connectivity index (χ4n) is 3.04. The number of sulfonamides is 1. The minimum atomic E-state index is -3.46. The predicted octanol–water partition coefficient (Wildman–Crippen LogP) is 2.36. The van der Waals surface area contributed by atoms with Gasteiger partial charge in [-0.15, -0.1) is 11.3 Å². The first-order valence-corrected chi connectivity index (χ1v) is 11.1. The maximum atomic E-state index is 12.7. The highest BCUT2D eigenvalue weighted by Gasteiger charge is 2.27. The van der Waals surface area contributed by atoms with Crippen molar-refractivity contribution in [2.75, 3.05) is 19.6 Å². The van der Waals surface area contributed by atoms with Crippen molar-refractivity contribution in [3.8, 4) is 0 Å². The second-order valence-electron chi connectivity index (χ2n) is 6.85. The minimum absolute atomic E-state index is 0.0392. The lowest BCUT2D eigenvalue weighted by Gasteiger charge is -2.32. The van der Waals surface area contributed by atoms with Gasteiger partial charge in [-0.3, -0.25) is 9.48 Å². The zero-order valence-corrected chi connectivity index (χ0v) is 16.6. The summed E-state index contributed by atoms with van der Waals surface area (Å²) in [4.78, 5) is 14.5. The molecule has 1 unspecified atom stereocenters. The van der Waals surface area contributed by atoms with Crippen molar-refractivity contribution in [2.45, 2.75) is 36.9 Å². The summed E-state index contributed by atoms with van der Waals surface area (Å²) < 4.78 is 29.3. The summed E-state index contributed by atoms with van der Waals surface area (Å²) >= 11 is 1.20. The molecule has 1 amide bonds. The molecule has 0 aliphatic carbocycles. The molecule has 0 bridgehead atoms. The van der Waals surface area contributed by atoms with Crippen LogP contribution in [0.15, 0.2) is 34.1 Å². The Bertz CT molecular complexity index is 843. The van der Waals surface area contributed by atoms with Crippen molar-refractivity contribution in [1.82, 2.24) is 19.4 Å². The van der Waals surface area contributed by atoms with Gasteiger partial charge in [0.05, 0.1) is 11.8 Å². The number of nitrogens with one attached hydrogen (secondary N) is 1. The van der Waals surface area contributed by atoms with Gasteiger partial charge in [0, 0.05) is 31.9 Å². The van der Waals surface area contributed by atoms with Crippen LogP contribution in [-0.4, -0.2) is 48.6 Å². The number of aromatic nitrogens is 2. The topological polar surface area (TPSA) is 84.3 Å². The molecule has 1 fully saturated rings. The molecule has 1 saturated heterocycles. The van der Waals surface area contributed by atoms with E-state index in [0.717, 1.165) is 12.8 Å². The number of nitrogens with zero attached hydrogens (tertiary/aromatic N) is 3. The molecule has 1 atom stereocenters. The number of rotatable bonds is 6. The Morgan fingerprint density at radius 1 is 1.46 bits per heavy atom. The first-order chi connectivity index (χ1) is 12.4. The smallest absolute Gasteiger partial charge is 0.257 e. The summed E-state index contributed by atoms with van der Waals surface area (Å²) in [5.41, 5.74) is 0.582. The fourth-order valence-corrected chi connectivity index (χ4v) is 5.20. The number of carbonyl (C=O) groups excluding carboxylic acids is 1. The van der Waals surface area contributed by atoms with Crippen molar-refractivity contribution in [3.63, 3.8) is 0 Å². The highest BCUT2D eigenvalue weighted by Crippen LogP contribution is 2.20. The van der Waals surface area contributed by atoms with Crippen LogP contribution in [0.5, 0.6) is 0 Å². The Morgan fingerprint density at radius 3 is 2.92 bits per heavy atom. The maximum absolute atomic E-state index is 12.7. The van der Waals surface area contributed by atoms with E-state index in [0.29, 0.717) is 29.4 Å². The maximum Gasteiger partial charge on any atom is 0.257 e. The molecule has 7 nitrogen and oxygen atoms in total. The Hall–Kier alpha value is -1.71. The van der Waals surface area contributed by atoms with Gasteiger partial charge in [-0.05, 0) is 44.1 Å². The number of amides is 1. The van der Waals surface area contributed by atoms with Crippen LogP contribution in [0.4, 0.5) is 0 Å². The Labute approximate surface area is 158 Å². The third-order valence-corrected chi connectivity index (χ3v) is 7.33. The second-order valence-corrected chi connectivity index (χ2v) is 9.79. The fraction of sp³-hybridized carbons (Fsp3) is 0.529. The molecule has 142 valence electrons. The predicted molar refractivity (Wildman–Crippen MR) is 101 cm³/mol. The molecule has 0 aromatic carbocycles. The quantitative estimate of drug-likeness (QED) is 0.812. The molecule has 3 rings (SSSR count).